The molecule has 7 atom stereocenters. The first-order valence-electron chi connectivity index (χ1n) is 8.99. The number of ketones is 1. The van der Waals surface area contributed by atoms with E-state index in [9.17, 15) is 9.90 Å². The molecule has 3 fully saturated rings. The van der Waals surface area contributed by atoms with Crippen molar-refractivity contribution in [1.82, 2.24) is 0 Å². The molecular weight excluding hydrogens is 272 g/mol. The molecule has 0 radical (unpaired) electrons. The molecule has 2 nitrogen and oxygen atoms in total. The fourth-order valence-electron chi connectivity index (χ4n) is 6.59. The Balaban J connectivity index is 1.74. The molecule has 22 heavy (non-hydrogen) atoms. The lowest BCUT2D eigenvalue weighted by Crippen LogP contribution is -2.52. The third-order valence-electron chi connectivity index (χ3n) is 7.83. The maximum Gasteiger partial charge on any atom is 0.178 e. The first kappa shape index (κ1) is 14.7. The lowest BCUT2D eigenvalue weighted by atomic mass is 9.47. The van der Waals surface area contributed by atoms with E-state index in [1.807, 2.05) is 6.08 Å². The normalized spacial score (nSPS) is 53.5. The van der Waals surface area contributed by atoms with Gasteiger partial charge in [-0.2, -0.15) is 0 Å². The Kier molecular flexibility index (Phi) is 3.05. The maximum atomic E-state index is 11.8. The van der Waals surface area contributed by atoms with Crippen LogP contribution in [0.1, 0.15) is 52.9 Å². The predicted octanol–water partition coefficient (Wildman–Crippen LogP) is 3.90. The first-order valence-corrected chi connectivity index (χ1v) is 8.99. The fourth-order valence-corrected chi connectivity index (χ4v) is 6.59. The van der Waals surface area contributed by atoms with E-state index in [0.717, 1.165) is 12.8 Å². The lowest BCUT2D eigenvalue weighted by molar-refractivity contribution is -0.111. The Bertz CT molecular complexity index is 574. The summed E-state index contributed by atoms with van der Waals surface area (Å²) in [5.74, 6) is 2.65. The van der Waals surface area contributed by atoms with Crippen molar-refractivity contribution >= 4 is 5.78 Å². The minimum Gasteiger partial charge on any atom is -0.393 e. The first-order chi connectivity index (χ1) is 10.4. The summed E-state index contributed by atoms with van der Waals surface area (Å²) in [6, 6.07) is 0. The Morgan fingerprint density at radius 3 is 2.73 bits per heavy atom. The van der Waals surface area contributed by atoms with Crippen molar-refractivity contribution in [2.24, 2.45) is 34.5 Å². The van der Waals surface area contributed by atoms with Gasteiger partial charge in [0.1, 0.15) is 0 Å². The minimum absolute atomic E-state index is 0.0606. The molecule has 0 spiro atoms. The van der Waals surface area contributed by atoms with Gasteiger partial charge in [-0.25, -0.2) is 0 Å². The minimum atomic E-state index is -0.109. The smallest absolute Gasteiger partial charge is 0.178 e. The zero-order chi connectivity index (χ0) is 15.7. The van der Waals surface area contributed by atoms with Crippen molar-refractivity contribution in [2.75, 3.05) is 0 Å². The van der Waals surface area contributed by atoms with Gasteiger partial charge < -0.3 is 5.11 Å². The Labute approximate surface area is 133 Å². The summed E-state index contributed by atoms with van der Waals surface area (Å²) in [7, 11) is 0. The summed E-state index contributed by atoms with van der Waals surface area (Å²) in [4.78, 5) is 11.8. The molecule has 0 bridgehead atoms. The van der Waals surface area contributed by atoms with Crippen LogP contribution in [0.5, 0.6) is 0 Å². The number of carbonyl (C=O) groups is 1. The quantitative estimate of drug-likeness (QED) is 0.736. The molecule has 1 N–H and O–H groups in total. The molecule has 0 aromatic carbocycles. The van der Waals surface area contributed by atoms with E-state index in [1.165, 1.54) is 24.8 Å². The van der Waals surface area contributed by atoms with Crippen LogP contribution in [0, 0.1) is 34.5 Å². The van der Waals surface area contributed by atoms with Crippen LogP contribution in [0.3, 0.4) is 0 Å². The van der Waals surface area contributed by atoms with Gasteiger partial charge in [0.2, 0.25) is 0 Å². The number of fused-ring (bicyclic) bond motifs is 5. The van der Waals surface area contributed by atoms with E-state index < -0.39 is 0 Å². The topological polar surface area (TPSA) is 37.3 Å². The molecule has 4 rings (SSSR count). The average Bonchev–Trinajstić information content (AvgIpc) is 2.77. The van der Waals surface area contributed by atoms with Crippen LogP contribution >= 0.6 is 0 Å². The molecule has 4 aliphatic carbocycles. The van der Waals surface area contributed by atoms with Gasteiger partial charge in [0.15, 0.2) is 5.78 Å². The van der Waals surface area contributed by atoms with Gasteiger partial charge in [-0.1, -0.05) is 32.4 Å². The fraction of sp³-hybridized carbons (Fsp3) is 0.750. The largest absolute Gasteiger partial charge is 0.393 e. The standard InChI is InChI=1S/C20H28O2/c1-12-10-14-15-4-5-18(22)20(15,3)9-7-16(14)19(2)8-6-13(21)11-17(12)19/h6,8,11-12,14-16,18,22H,4-5,7,9-10H2,1-3H3/t12-,14?,15?,16?,18?,19+,20-/m0/s1. The highest BCUT2D eigenvalue weighted by molar-refractivity contribution is 6.01. The van der Waals surface area contributed by atoms with Crippen molar-refractivity contribution < 1.29 is 9.90 Å². The zero-order valence-electron chi connectivity index (χ0n) is 14.0. The molecule has 0 amide bonds. The summed E-state index contributed by atoms with van der Waals surface area (Å²) < 4.78 is 0. The summed E-state index contributed by atoms with van der Waals surface area (Å²) >= 11 is 0. The van der Waals surface area contributed by atoms with Gasteiger partial charge in [0, 0.05) is 5.41 Å². The van der Waals surface area contributed by atoms with Crippen LogP contribution in [0.4, 0.5) is 0 Å². The molecule has 0 aliphatic heterocycles. The van der Waals surface area contributed by atoms with Crippen LogP contribution in [0.2, 0.25) is 0 Å². The number of aliphatic hydroxyl groups excluding tert-OH is 1. The number of allylic oxidation sites excluding steroid dienone is 4. The second-order valence-corrected chi connectivity index (χ2v) is 8.77. The highest BCUT2D eigenvalue weighted by Gasteiger charge is 2.59. The van der Waals surface area contributed by atoms with Crippen molar-refractivity contribution in [3.05, 3.63) is 23.8 Å². The van der Waals surface area contributed by atoms with Crippen LogP contribution in [0.15, 0.2) is 23.8 Å². The third-order valence-corrected chi connectivity index (χ3v) is 7.83. The van der Waals surface area contributed by atoms with Crippen molar-refractivity contribution in [1.29, 1.82) is 0 Å². The van der Waals surface area contributed by atoms with Gasteiger partial charge in [-0.05, 0) is 73.3 Å². The van der Waals surface area contributed by atoms with Crippen molar-refractivity contribution in [2.45, 2.75) is 59.0 Å². The van der Waals surface area contributed by atoms with Crippen LogP contribution < -0.4 is 0 Å². The van der Waals surface area contributed by atoms with E-state index in [0.29, 0.717) is 23.7 Å². The summed E-state index contributed by atoms with van der Waals surface area (Å²) in [5.41, 5.74) is 1.56. The van der Waals surface area contributed by atoms with E-state index in [2.05, 4.69) is 26.8 Å². The third kappa shape index (κ3) is 1.73. The van der Waals surface area contributed by atoms with E-state index in [1.54, 1.807) is 6.08 Å². The van der Waals surface area contributed by atoms with E-state index >= 15 is 0 Å². The van der Waals surface area contributed by atoms with Crippen molar-refractivity contribution in [3.63, 3.8) is 0 Å². The molecule has 120 valence electrons. The molecule has 0 heterocycles. The second-order valence-electron chi connectivity index (χ2n) is 8.77. The molecule has 4 aliphatic rings. The number of hydrogen-bond acceptors (Lipinski definition) is 2. The molecule has 0 saturated heterocycles. The predicted molar refractivity (Wildman–Crippen MR) is 87.2 cm³/mol. The average molecular weight is 300 g/mol. The Hall–Kier alpha value is -0.890. The Morgan fingerprint density at radius 1 is 1.18 bits per heavy atom. The van der Waals surface area contributed by atoms with Gasteiger partial charge in [0.25, 0.3) is 0 Å². The van der Waals surface area contributed by atoms with Gasteiger partial charge in [-0.15, -0.1) is 0 Å². The van der Waals surface area contributed by atoms with Gasteiger partial charge >= 0.3 is 0 Å². The Morgan fingerprint density at radius 2 is 1.95 bits per heavy atom. The summed E-state index contributed by atoms with van der Waals surface area (Å²) in [6.45, 7) is 6.97. The number of aliphatic hydroxyl groups is 1. The van der Waals surface area contributed by atoms with Gasteiger partial charge in [-0.3, -0.25) is 4.79 Å². The molecule has 4 unspecified atom stereocenters. The SMILES string of the molecule is C[C@H]1CC2C3CCC(O)[C@@]3(C)CCC2[C@@]2(C)C=CC(=O)C=C12. The monoisotopic (exact) mass is 300 g/mol. The highest BCUT2D eigenvalue weighted by atomic mass is 16.3. The highest BCUT2D eigenvalue weighted by Crippen LogP contribution is 2.65. The van der Waals surface area contributed by atoms with E-state index in [-0.39, 0.29) is 22.7 Å². The van der Waals surface area contributed by atoms with Crippen molar-refractivity contribution in [3.8, 4) is 0 Å². The molecule has 0 aromatic heterocycles. The van der Waals surface area contributed by atoms with Crippen LogP contribution in [-0.4, -0.2) is 17.0 Å². The molecule has 2 heteroatoms. The number of hydrogen-bond donors (Lipinski definition) is 1. The molecular formula is C20H28O2. The summed E-state index contributed by atoms with van der Waals surface area (Å²) in [6.07, 6.45) is 11.5. The number of rotatable bonds is 0. The van der Waals surface area contributed by atoms with Crippen LogP contribution in [0.25, 0.3) is 0 Å². The van der Waals surface area contributed by atoms with Crippen LogP contribution in [-0.2, 0) is 4.79 Å². The zero-order valence-corrected chi connectivity index (χ0v) is 14.0. The van der Waals surface area contributed by atoms with Gasteiger partial charge in [0.05, 0.1) is 6.10 Å². The second kappa shape index (κ2) is 4.56. The lowest BCUT2D eigenvalue weighted by Gasteiger charge is -2.58. The summed E-state index contributed by atoms with van der Waals surface area (Å²) in [5, 5.41) is 10.5. The van der Waals surface area contributed by atoms with E-state index in [4.69, 9.17) is 0 Å². The molecule has 0 aromatic rings. The number of carbonyl (C=O) groups excluding carboxylic acids is 1. The maximum absolute atomic E-state index is 11.8. The molecule has 3 saturated carbocycles.